The van der Waals surface area contributed by atoms with Crippen LogP contribution in [0.25, 0.3) is 10.9 Å². The monoisotopic (exact) mass is 338 g/mol. The molecule has 106 valence electrons. The third-order valence-corrected chi connectivity index (χ3v) is 3.99. The molecule has 2 unspecified atom stereocenters. The second kappa shape index (κ2) is 5.85. The van der Waals surface area contributed by atoms with E-state index in [0.717, 1.165) is 4.47 Å². The Hall–Kier alpha value is -1.53. The summed E-state index contributed by atoms with van der Waals surface area (Å²) < 4.78 is 0.826. The van der Waals surface area contributed by atoms with Crippen LogP contribution >= 0.6 is 15.9 Å². The molecule has 1 N–H and O–H groups in total. The highest BCUT2D eigenvalue weighted by Crippen LogP contribution is 2.36. The Kier molecular flexibility index (Phi) is 4.35. The molecule has 0 saturated carbocycles. The number of rotatable bonds is 4. The fourth-order valence-corrected chi connectivity index (χ4v) is 2.71. The fraction of sp³-hybridized carbons (Fsp3) is 0.357. The molecule has 20 heavy (non-hydrogen) atoms. The van der Waals surface area contributed by atoms with Crippen LogP contribution in [-0.2, 0) is 0 Å². The van der Waals surface area contributed by atoms with Gasteiger partial charge in [0.25, 0.3) is 5.69 Å². The van der Waals surface area contributed by atoms with Crippen molar-refractivity contribution in [1.82, 2.24) is 4.98 Å². The van der Waals surface area contributed by atoms with Crippen LogP contribution in [0, 0.1) is 10.1 Å². The average molecular weight is 339 g/mol. The first kappa shape index (κ1) is 14.9. The molecule has 1 aromatic heterocycles. The van der Waals surface area contributed by atoms with Gasteiger partial charge in [0, 0.05) is 21.3 Å². The third kappa shape index (κ3) is 2.66. The number of hydrogen-bond acceptors (Lipinski definition) is 4. The molecule has 1 aromatic carbocycles. The second-order valence-electron chi connectivity index (χ2n) is 4.74. The van der Waals surface area contributed by atoms with Crippen molar-refractivity contribution in [2.24, 2.45) is 0 Å². The molecule has 0 bridgehead atoms. The first-order valence-electron chi connectivity index (χ1n) is 6.36. The standard InChI is InChI=1S/C14H15BrN2O3/c1-3-13(18)8(2)14-10-6-9(15)4-5-11(10)16-7-12(14)17(19)20/h4-8,13,18H,3H2,1-2H3. The Balaban J connectivity index is 2.77. The highest BCUT2D eigenvalue weighted by molar-refractivity contribution is 9.10. The number of aromatic nitrogens is 1. The van der Waals surface area contributed by atoms with Crippen molar-refractivity contribution in [3.63, 3.8) is 0 Å². The zero-order valence-electron chi connectivity index (χ0n) is 11.2. The van der Waals surface area contributed by atoms with Gasteiger partial charge in [-0.2, -0.15) is 0 Å². The van der Waals surface area contributed by atoms with Gasteiger partial charge in [0.1, 0.15) is 6.20 Å². The molecular weight excluding hydrogens is 324 g/mol. The molecule has 0 saturated heterocycles. The molecule has 0 radical (unpaired) electrons. The number of nitrogens with zero attached hydrogens (tertiary/aromatic N) is 2. The van der Waals surface area contributed by atoms with E-state index in [9.17, 15) is 15.2 Å². The van der Waals surface area contributed by atoms with Crippen molar-refractivity contribution in [2.45, 2.75) is 32.3 Å². The van der Waals surface area contributed by atoms with E-state index in [2.05, 4.69) is 20.9 Å². The highest BCUT2D eigenvalue weighted by atomic mass is 79.9. The van der Waals surface area contributed by atoms with Crippen LogP contribution < -0.4 is 0 Å². The van der Waals surface area contributed by atoms with E-state index in [1.807, 2.05) is 19.1 Å². The topological polar surface area (TPSA) is 76.3 Å². The zero-order valence-corrected chi connectivity index (χ0v) is 12.8. The number of pyridine rings is 1. The van der Waals surface area contributed by atoms with Gasteiger partial charge in [-0.3, -0.25) is 10.1 Å². The van der Waals surface area contributed by atoms with E-state index >= 15 is 0 Å². The molecule has 0 aliphatic rings. The first-order chi connectivity index (χ1) is 9.45. The maximum absolute atomic E-state index is 11.2. The van der Waals surface area contributed by atoms with Gasteiger partial charge in [0.2, 0.25) is 0 Å². The quantitative estimate of drug-likeness (QED) is 0.679. The largest absolute Gasteiger partial charge is 0.393 e. The number of hydrogen-bond donors (Lipinski definition) is 1. The Morgan fingerprint density at radius 2 is 2.20 bits per heavy atom. The highest BCUT2D eigenvalue weighted by Gasteiger charge is 2.26. The lowest BCUT2D eigenvalue weighted by molar-refractivity contribution is -0.386. The summed E-state index contributed by atoms with van der Waals surface area (Å²) in [5.74, 6) is -0.333. The number of nitro groups is 1. The normalized spacial score (nSPS) is 14.2. The van der Waals surface area contributed by atoms with Gasteiger partial charge < -0.3 is 5.11 Å². The lowest BCUT2D eigenvalue weighted by Crippen LogP contribution is -2.16. The van der Waals surface area contributed by atoms with Gasteiger partial charge in [-0.1, -0.05) is 29.8 Å². The van der Waals surface area contributed by atoms with E-state index in [1.165, 1.54) is 6.20 Å². The van der Waals surface area contributed by atoms with Crippen LogP contribution in [0.3, 0.4) is 0 Å². The Morgan fingerprint density at radius 3 is 2.80 bits per heavy atom. The van der Waals surface area contributed by atoms with Crippen molar-refractivity contribution in [1.29, 1.82) is 0 Å². The van der Waals surface area contributed by atoms with Crippen LogP contribution in [-0.4, -0.2) is 21.1 Å². The minimum atomic E-state index is -0.627. The van der Waals surface area contributed by atoms with Crippen LogP contribution in [0.4, 0.5) is 5.69 Å². The van der Waals surface area contributed by atoms with Crippen molar-refractivity contribution in [2.75, 3.05) is 0 Å². The maximum Gasteiger partial charge on any atom is 0.291 e. The van der Waals surface area contributed by atoms with Crippen molar-refractivity contribution >= 4 is 32.5 Å². The molecule has 6 heteroatoms. The number of fused-ring (bicyclic) bond motifs is 1. The summed E-state index contributed by atoms with van der Waals surface area (Å²) in [5.41, 5.74) is 1.18. The summed E-state index contributed by atoms with van der Waals surface area (Å²) in [7, 11) is 0. The summed E-state index contributed by atoms with van der Waals surface area (Å²) in [6, 6.07) is 5.45. The van der Waals surface area contributed by atoms with Crippen LogP contribution in [0.1, 0.15) is 31.7 Å². The lowest BCUT2D eigenvalue weighted by Gasteiger charge is -2.19. The number of halogens is 1. The molecule has 0 spiro atoms. The van der Waals surface area contributed by atoms with Crippen molar-refractivity contribution < 1.29 is 10.0 Å². The average Bonchev–Trinajstić information content (AvgIpc) is 2.44. The lowest BCUT2D eigenvalue weighted by atomic mass is 9.90. The zero-order chi connectivity index (χ0) is 14.9. The molecule has 0 amide bonds. The van der Waals surface area contributed by atoms with Gasteiger partial charge in [-0.15, -0.1) is 0 Å². The Morgan fingerprint density at radius 1 is 1.50 bits per heavy atom. The maximum atomic E-state index is 11.2. The predicted octanol–water partition coefficient (Wildman–Crippen LogP) is 3.78. The van der Waals surface area contributed by atoms with Gasteiger partial charge in [-0.25, -0.2) is 4.98 Å². The minimum absolute atomic E-state index is 0.0457. The molecule has 1 heterocycles. The Labute approximate surface area is 124 Å². The minimum Gasteiger partial charge on any atom is -0.393 e. The molecule has 2 rings (SSSR count). The number of aliphatic hydroxyl groups is 1. The van der Waals surface area contributed by atoms with E-state index < -0.39 is 11.0 Å². The molecule has 0 aliphatic heterocycles. The SMILES string of the molecule is CCC(O)C(C)c1c([N+](=O)[O-])cnc2ccc(Br)cc12. The molecule has 2 atom stereocenters. The van der Waals surface area contributed by atoms with Gasteiger partial charge >= 0.3 is 0 Å². The molecule has 0 fully saturated rings. The molecule has 0 aliphatic carbocycles. The van der Waals surface area contributed by atoms with E-state index in [0.29, 0.717) is 22.9 Å². The summed E-state index contributed by atoms with van der Waals surface area (Å²) >= 11 is 3.37. The first-order valence-corrected chi connectivity index (χ1v) is 7.15. The number of aliphatic hydroxyl groups excluding tert-OH is 1. The van der Waals surface area contributed by atoms with Gasteiger partial charge in [0.15, 0.2) is 0 Å². The second-order valence-corrected chi connectivity index (χ2v) is 5.66. The summed E-state index contributed by atoms with van der Waals surface area (Å²) in [6.45, 7) is 3.66. The van der Waals surface area contributed by atoms with Gasteiger partial charge in [-0.05, 0) is 24.6 Å². The summed E-state index contributed by atoms with van der Waals surface area (Å²) in [5, 5.41) is 22.0. The smallest absolute Gasteiger partial charge is 0.291 e. The molecular formula is C14H15BrN2O3. The van der Waals surface area contributed by atoms with Crippen molar-refractivity contribution in [3.05, 3.63) is 44.5 Å². The van der Waals surface area contributed by atoms with Crippen LogP contribution in [0.5, 0.6) is 0 Å². The Bertz CT molecular complexity index is 660. The van der Waals surface area contributed by atoms with E-state index in [1.54, 1.807) is 13.0 Å². The predicted molar refractivity (Wildman–Crippen MR) is 80.8 cm³/mol. The summed E-state index contributed by atoms with van der Waals surface area (Å²) in [6.07, 6.45) is 1.18. The third-order valence-electron chi connectivity index (χ3n) is 3.50. The van der Waals surface area contributed by atoms with E-state index in [4.69, 9.17) is 0 Å². The van der Waals surface area contributed by atoms with Gasteiger partial charge in [0.05, 0.1) is 16.5 Å². The summed E-state index contributed by atoms with van der Waals surface area (Å²) in [4.78, 5) is 14.9. The van der Waals surface area contributed by atoms with Crippen LogP contribution in [0.15, 0.2) is 28.9 Å². The number of benzene rings is 1. The molecule has 2 aromatic rings. The van der Waals surface area contributed by atoms with Crippen LogP contribution in [0.2, 0.25) is 0 Å². The fourth-order valence-electron chi connectivity index (χ4n) is 2.34. The van der Waals surface area contributed by atoms with E-state index in [-0.39, 0.29) is 11.6 Å². The molecule has 5 nitrogen and oxygen atoms in total. The van der Waals surface area contributed by atoms with Crippen molar-refractivity contribution in [3.8, 4) is 0 Å².